The maximum atomic E-state index is 11.5. The monoisotopic (exact) mass is 240 g/mol. The van der Waals surface area contributed by atoms with Gasteiger partial charge in [-0.25, -0.2) is 4.79 Å². The molecule has 4 heteroatoms. The summed E-state index contributed by atoms with van der Waals surface area (Å²) in [6, 6.07) is 13.1. The van der Waals surface area contributed by atoms with Gasteiger partial charge < -0.3 is 5.32 Å². The van der Waals surface area contributed by atoms with Crippen LogP contribution in [0.3, 0.4) is 0 Å². The first-order chi connectivity index (χ1) is 8.74. The number of urea groups is 1. The molecule has 0 bridgehead atoms. The number of fused-ring (bicyclic) bond motifs is 1. The van der Waals surface area contributed by atoms with E-state index >= 15 is 0 Å². The van der Waals surface area contributed by atoms with Crippen LogP contribution in [0.5, 0.6) is 0 Å². The topological polar surface area (TPSA) is 58.2 Å². The summed E-state index contributed by atoms with van der Waals surface area (Å²) < 4.78 is 0. The van der Waals surface area contributed by atoms with E-state index in [1.54, 1.807) is 0 Å². The zero-order valence-electron chi connectivity index (χ0n) is 9.64. The fraction of sp³-hybridized carbons (Fsp3) is 0.143. The molecule has 2 aromatic carbocycles. The highest BCUT2D eigenvalue weighted by molar-refractivity contribution is 6.04. The summed E-state index contributed by atoms with van der Waals surface area (Å²) in [4.78, 5) is 22.6. The molecule has 2 N–H and O–H groups in total. The maximum absolute atomic E-state index is 11.5. The van der Waals surface area contributed by atoms with Crippen LogP contribution < -0.4 is 10.6 Å². The Bertz CT molecular complexity index is 631. The molecule has 1 unspecified atom stereocenters. The van der Waals surface area contributed by atoms with E-state index in [4.69, 9.17) is 0 Å². The number of imide groups is 1. The van der Waals surface area contributed by atoms with E-state index in [1.807, 2.05) is 42.5 Å². The molecule has 3 amide bonds. The van der Waals surface area contributed by atoms with Crippen molar-refractivity contribution in [2.75, 3.05) is 0 Å². The first-order valence-corrected chi connectivity index (χ1v) is 5.82. The van der Waals surface area contributed by atoms with Gasteiger partial charge in [0.2, 0.25) is 0 Å². The van der Waals surface area contributed by atoms with Crippen LogP contribution in [0.2, 0.25) is 0 Å². The summed E-state index contributed by atoms with van der Waals surface area (Å²) >= 11 is 0. The van der Waals surface area contributed by atoms with E-state index in [2.05, 4.69) is 10.6 Å². The third kappa shape index (κ3) is 1.82. The fourth-order valence-corrected chi connectivity index (χ4v) is 2.29. The van der Waals surface area contributed by atoms with Crippen molar-refractivity contribution in [2.24, 2.45) is 0 Å². The smallest absolute Gasteiger partial charge is 0.322 e. The minimum Gasteiger partial charge on any atom is -0.326 e. The molecule has 0 aromatic heterocycles. The van der Waals surface area contributed by atoms with Crippen LogP contribution in [0, 0.1) is 0 Å². The standard InChI is InChI=1S/C14H12N2O2/c17-13-12(15-14(18)16-13)8-10-6-3-5-9-4-1-2-7-11(9)10/h1-7,12H,8H2,(H2,15,16,17,18). The molecule has 3 rings (SSSR count). The lowest BCUT2D eigenvalue weighted by atomic mass is 9.99. The summed E-state index contributed by atoms with van der Waals surface area (Å²) in [5.74, 6) is -0.257. The van der Waals surface area contributed by atoms with E-state index in [0.717, 1.165) is 16.3 Å². The van der Waals surface area contributed by atoms with E-state index in [-0.39, 0.29) is 5.91 Å². The molecular formula is C14H12N2O2. The van der Waals surface area contributed by atoms with Gasteiger partial charge in [-0.2, -0.15) is 0 Å². The van der Waals surface area contributed by atoms with Crippen molar-refractivity contribution in [3.05, 3.63) is 48.0 Å². The number of carbonyl (C=O) groups excluding carboxylic acids is 2. The zero-order chi connectivity index (χ0) is 12.5. The first-order valence-electron chi connectivity index (χ1n) is 5.82. The van der Waals surface area contributed by atoms with Gasteiger partial charge in [0, 0.05) is 6.42 Å². The van der Waals surface area contributed by atoms with Crippen molar-refractivity contribution in [1.82, 2.24) is 10.6 Å². The van der Waals surface area contributed by atoms with E-state index in [9.17, 15) is 9.59 Å². The normalized spacial score (nSPS) is 18.8. The zero-order valence-corrected chi connectivity index (χ0v) is 9.64. The Hall–Kier alpha value is -2.36. The number of hydrogen-bond donors (Lipinski definition) is 2. The Labute approximate surface area is 104 Å². The molecule has 0 radical (unpaired) electrons. The molecule has 1 heterocycles. The molecule has 1 fully saturated rings. The molecule has 4 nitrogen and oxygen atoms in total. The van der Waals surface area contributed by atoms with Crippen molar-refractivity contribution in [1.29, 1.82) is 0 Å². The molecule has 1 saturated heterocycles. The molecule has 0 saturated carbocycles. The van der Waals surface area contributed by atoms with Crippen molar-refractivity contribution >= 4 is 22.7 Å². The van der Waals surface area contributed by atoms with Gasteiger partial charge in [-0.15, -0.1) is 0 Å². The minimum atomic E-state index is -0.469. The second kappa shape index (κ2) is 4.14. The number of amides is 3. The van der Waals surface area contributed by atoms with Crippen molar-refractivity contribution in [3.63, 3.8) is 0 Å². The molecule has 1 aliphatic heterocycles. The summed E-state index contributed by atoms with van der Waals surface area (Å²) in [5, 5.41) is 7.12. The average Bonchev–Trinajstić information content (AvgIpc) is 2.68. The van der Waals surface area contributed by atoms with Crippen LogP contribution in [0.4, 0.5) is 4.79 Å². The molecule has 0 spiro atoms. The highest BCUT2D eigenvalue weighted by Crippen LogP contribution is 2.20. The van der Waals surface area contributed by atoms with Gasteiger partial charge in [-0.05, 0) is 16.3 Å². The number of benzene rings is 2. The van der Waals surface area contributed by atoms with Gasteiger partial charge in [0.25, 0.3) is 5.91 Å². The summed E-state index contributed by atoms with van der Waals surface area (Å²) in [7, 11) is 0. The summed E-state index contributed by atoms with van der Waals surface area (Å²) in [6.07, 6.45) is 0.513. The fourth-order valence-electron chi connectivity index (χ4n) is 2.29. The van der Waals surface area contributed by atoms with Crippen LogP contribution >= 0.6 is 0 Å². The Kier molecular flexibility index (Phi) is 2.48. The predicted octanol–water partition coefficient (Wildman–Crippen LogP) is 1.59. The average molecular weight is 240 g/mol. The Balaban J connectivity index is 1.95. The third-order valence-corrected chi connectivity index (χ3v) is 3.16. The molecule has 90 valence electrons. The molecule has 2 aromatic rings. The van der Waals surface area contributed by atoms with Crippen LogP contribution in [-0.2, 0) is 11.2 Å². The second-order valence-corrected chi connectivity index (χ2v) is 4.36. The molecule has 0 aliphatic carbocycles. The SMILES string of the molecule is O=C1NC(=O)C(Cc2cccc3ccccc23)N1. The largest absolute Gasteiger partial charge is 0.326 e. The van der Waals surface area contributed by atoms with Gasteiger partial charge in [0.05, 0.1) is 0 Å². The summed E-state index contributed by atoms with van der Waals surface area (Å²) in [5.41, 5.74) is 1.07. The predicted molar refractivity (Wildman–Crippen MR) is 68.1 cm³/mol. The number of rotatable bonds is 2. The van der Waals surface area contributed by atoms with Crippen molar-refractivity contribution < 1.29 is 9.59 Å². The molecule has 18 heavy (non-hydrogen) atoms. The highest BCUT2D eigenvalue weighted by atomic mass is 16.2. The van der Waals surface area contributed by atoms with Crippen LogP contribution in [0.25, 0.3) is 10.8 Å². The highest BCUT2D eigenvalue weighted by Gasteiger charge is 2.29. The van der Waals surface area contributed by atoms with E-state index in [1.165, 1.54) is 0 Å². The van der Waals surface area contributed by atoms with Crippen molar-refractivity contribution in [2.45, 2.75) is 12.5 Å². The maximum Gasteiger partial charge on any atom is 0.322 e. The molecule has 1 aliphatic rings. The number of nitrogens with one attached hydrogen (secondary N) is 2. The minimum absolute atomic E-state index is 0.257. The van der Waals surface area contributed by atoms with Gasteiger partial charge >= 0.3 is 6.03 Å². The number of hydrogen-bond acceptors (Lipinski definition) is 2. The molecular weight excluding hydrogens is 228 g/mol. The van der Waals surface area contributed by atoms with Gasteiger partial charge in [-0.3, -0.25) is 10.1 Å². The third-order valence-electron chi connectivity index (χ3n) is 3.16. The Morgan fingerprint density at radius 2 is 1.78 bits per heavy atom. The van der Waals surface area contributed by atoms with Gasteiger partial charge in [0.1, 0.15) is 6.04 Å². The molecule has 1 atom stereocenters. The van der Waals surface area contributed by atoms with Crippen molar-refractivity contribution in [3.8, 4) is 0 Å². The van der Waals surface area contributed by atoms with Crippen LogP contribution in [0.15, 0.2) is 42.5 Å². The quantitative estimate of drug-likeness (QED) is 0.783. The Morgan fingerprint density at radius 1 is 1.00 bits per heavy atom. The van der Waals surface area contributed by atoms with Crippen LogP contribution in [0.1, 0.15) is 5.56 Å². The summed E-state index contributed by atoms with van der Waals surface area (Å²) in [6.45, 7) is 0. The van der Waals surface area contributed by atoms with E-state index < -0.39 is 12.1 Å². The van der Waals surface area contributed by atoms with Gasteiger partial charge in [-0.1, -0.05) is 42.5 Å². The lowest BCUT2D eigenvalue weighted by molar-refractivity contribution is -0.120. The number of carbonyl (C=O) groups is 2. The van der Waals surface area contributed by atoms with E-state index in [0.29, 0.717) is 6.42 Å². The van der Waals surface area contributed by atoms with Gasteiger partial charge in [0.15, 0.2) is 0 Å². The lowest BCUT2D eigenvalue weighted by Gasteiger charge is -2.10. The first kappa shape index (κ1) is 10.8. The van der Waals surface area contributed by atoms with Crippen LogP contribution in [-0.4, -0.2) is 18.0 Å². The second-order valence-electron chi connectivity index (χ2n) is 4.36. The Morgan fingerprint density at radius 3 is 2.56 bits per heavy atom. The lowest BCUT2D eigenvalue weighted by Crippen LogP contribution is -2.31.